The number of rotatable bonds is 5. The number of benzene rings is 1. The lowest BCUT2D eigenvalue weighted by Gasteiger charge is -2.37. The summed E-state index contributed by atoms with van der Waals surface area (Å²) in [6, 6.07) is 5.33. The molecule has 33 heavy (non-hydrogen) atoms. The highest BCUT2D eigenvalue weighted by Crippen LogP contribution is 2.26. The summed E-state index contributed by atoms with van der Waals surface area (Å²) in [4.78, 5) is 64.2. The lowest BCUT2D eigenvalue weighted by Crippen LogP contribution is -2.57. The molecule has 0 aromatic heterocycles. The highest BCUT2D eigenvalue weighted by Gasteiger charge is 2.36. The third-order valence-electron chi connectivity index (χ3n) is 6.28. The zero-order valence-electron chi connectivity index (χ0n) is 19.0. The Balaban J connectivity index is 1.70. The second-order valence-electron chi connectivity index (χ2n) is 8.84. The van der Waals surface area contributed by atoms with Crippen LogP contribution in [0.2, 0.25) is 0 Å². The fourth-order valence-electron chi connectivity index (χ4n) is 4.45. The molecule has 1 saturated carbocycles. The van der Waals surface area contributed by atoms with Gasteiger partial charge in [-0.2, -0.15) is 0 Å². The highest BCUT2D eigenvalue weighted by atomic mass is 16.2. The minimum absolute atomic E-state index is 0.0500. The molecule has 0 unspecified atom stereocenters. The molecule has 10 nitrogen and oxygen atoms in total. The van der Waals surface area contributed by atoms with Crippen LogP contribution in [0.5, 0.6) is 0 Å². The van der Waals surface area contributed by atoms with E-state index >= 15 is 0 Å². The Morgan fingerprint density at radius 1 is 0.909 bits per heavy atom. The van der Waals surface area contributed by atoms with Crippen molar-refractivity contribution in [3.63, 3.8) is 0 Å². The van der Waals surface area contributed by atoms with Gasteiger partial charge in [-0.25, -0.2) is 0 Å². The predicted molar refractivity (Wildman–Crippen MR) is 120 cm³/mol. The first-order valence-corrected chi connectivity index (χ1v) is 11.2. The van der Waals surface area contributed by atoms with E-state index < -0.39 is 29.8 Å². The number of nitrogens with two attached hydrogens (primary N) is 1. The molecule has 10 heteroatoms. The number of likely N-dealkylation sites (tertiary alicyclic amines) is 1. The molecular weight excluding hydrogens is 426 g/mol. The van der Waals surface area contributed by atoms with Crippen LogP contribution in [0.4, 0.5) is 0 Å². The molecule has 1 aliphatic heterocycles. The second-order valence-corrected chi connectivity index (χ2v) is 8.84. The molecule has 1 aromatic carbocycles. The van der Waals surface area contributed by atoms with E-state index in [1.165, 1.54) is 4.90 Å². The fraction of sp³-hybridized carbons (Fsp3) is 0.522. The Labute approximate surface area is 192 Å². The van der Waals surface area contributed by atoms with Crippen molar-refractivity contribution in [2.75, 3.05) is 27.2 Å². The predicted octanol–water partition coefficient (Wildman–Crippen LogP) is -0.121. The number of nitrogens with one attached hydrogen (secondary N) is 2. The summed E-state index contributed by atoms with van der Waals surface area (Å²) in [5, 5.41) is 5.45. The molecule has 1 aliphatic carbocycles. The quantitative estimate of drug-likeness (QED) is 0.529. The van der Waals surface area contributed by atoms with Crippen molar-refractivity contribution in [2.24, 2.45) is 11.7 Å². The largest absolute Gasteiger partial charge is 0.361 e. The molecule has 3 atom stereocenters. The Hall–Kier alpha value is -3.43. The van der Waals surface area contributed by atoms with Gasteiger partial charge in [0.05, 0.1) is 6.04 Å². The number of carbonyl (C=O) groups is 5. The average Bonchev–Trinajstić information content (AvgIpc) is 3.34. The van der Waals surface area contributed by atoms with Crippen molar-refractivity contribution < 1.29 is 24.0 Å². The van der Waals surface area contributed by atoms with E-state index in [0.29, 0.717) is 30.4 Å². The standard InChI is InChI=1S/C23H31N5O5/c1-27(2)22(32)16-9-10-17(25-21(31)19(24)29)18(13-16)26-20(30)14-5-7-15(8-6-14)23(33)28-11-3-4-12-28/h5-8,16-18H,3-4,9-13H2,1-2H3,(H2,24,29)(H,25,31)(H,26,30)/t16-,17-,18+/m0/s1. The lowest BCUT2D eigenvalue weighted by atomic mass is 9.81. The fourth-order valence-corrected chi connectivity index (χ4v) is 4.45. The second kappa shape index (κ2) is 10.5. The first kappa shape index (κ1) is 24.2. The van der Waals surface area contributed by atoms with Gasteiger partial charge in [0.15, 0.2) is 0 Å². The summed E-state index contributed by atoms with van der Waals surface area (Å²) in [6.07, 6.45) is 3.24. The normalized spacial score (nSPS) is 22.4. The Kier molecular flexibility index (Phi) is 7.67. The van der Waals surface area contributed by atoms with Gasteiger partial charge in [-0.3, -0.25) is 24.0 Å². The van der Waals surface area contributed by atoms with Crippen molar-refractivity contribution in [3.05, 3.63) is 35.4 Å². The van der Waals surface area contributed by atoms with Gasteiger partial charge in [-0.15, -0.1) is 0 Å². The van der Waals surface area contributed by atoms with Gasteiger partial charge >= 0.3 is 11.8 Å². The first-order valence-electron chi connectivity index (χ1n) is 11.2. The average molecular weight is 458 g/mol. The van der Waals surface area contributed by atoms with Crippen LogP contribution in [0, 0.1) is 5.92 Å². The molecule has 0 spiro atoms. The molecule has 3 rings (SSSR count). The minimum atomic E-state index is -1.11. The Morgan fingerprint density at radius 2 is 1.52 bits per heavy atom. The monoisotopic (exact) mass is 457 g/mol. The smallest absolute Gasteiger partial charge is 0.309 e. The number of nitrogens with zero attached hydrogens (tertiary/aromatic N) is 2. The van der Waals surface area contributed by atoms with Gasteiger partial charge in [-0.1, -0.05) is 0 Å². The van der Waals surface area contributed by atoms with Gasteiger partial charge in [0, 0.05) is 50.3 Å². The molecule has 0 bridgehead atoms. The molecule has 0 radical (unpaired) electrons. The molecule has 1 saturated heterocycles. The SMILES string of the molecule is CN(C)C(=O)[C@H]1CC[C@H](NC(=O)C(N)=O)[C@H](NC(=O)c2ccc(C(=O)N3CCCC3)cc2)C1. The summed E-state index contributed by atoms with van der Waals surface area (Å²) >= 11 is 0. The van der Waals surface area contributed by atoms with Crippen LogP contribution < -0.4 is 16.4 Å². The maximum atomic E-state index is 12.9. The third-order valence-corrected chi connectivity index (χ3v) is 6.28. The van der Waals surface area contributed by atoms with Gasteiger partial charge in [0.25, 0.3) is 11.8 Å². The molecule has 1 heterocycles. The van der Waals surface area contributed by atoms with E-state index in [0.717, 1.165) is 25.9 Å². The van der Waals surface area contributed by atoms with E-state index in [2.05, 4.69) is 10.6 Å². The zero-order chi connectivity index (χ0) is 24.1. The van der Waals surface area contributed by atoms with Gasteiger partial charge in [0.1, 0.15) is 0 Å². The molecule has 4 N–H and O–H groups in total. The summed E-state index contributed by atoms with van der Waals surface area (Å²) in [5.74, 6) is -2.85. The summed E-state index contributed by atoms with van der Waals surface area (Å²) in [6.45, 7) is 1.49. The van der Waals surface area contributed by atoms with Gasteiger partial charge in [0.2, 0.25) is 5.91 Å². The van der Waals surface area contributed by atoms with Crippen molar-refractivity contribution >= 4 is 29.5 Å². The van der Waals surface area contributed by atoms with Gasteiger partial charge < -0.3 is 26.2 Å². The first-order chi connectivity index (χ1) is 15.7. The van der Waals surface area contributed by atoms with E-state index in [1.807, 2.05) is 0 Å². The molecule has 1 aromatic rings. The van der Waals surface area contributed by atoms with Crippen LogP contribution in [0.15, 0.2) is 24.3 Å². The van der Waals surface area contributed by atoms with E-state index in [1.54, 1.807) is 43.3 Å². The van der Waals surface area contributed by atoms with Crippen molar-refractivity contribution in [2.45, 2.75) is 44.2 Å². The minimum Gasteiger partial charge on any atom is -0.361 e. The number of hydrogen-bond donors (Lipinski definition) is 3. The van der Waals surface area contributed by atoms with Crippen LogP contribution in [-0.2, 0) is 14.4 Å². The lowest BCUT2D eigenvalue weighted by molar-refractivity contribution is -0.138. The third kappa shape index (κ3) is 5.88. The van der Waals surface area contributed by atoms with E-state index in [-0.39, 0.29) is 17.7 Å². The number of hydrogen-bond acceptors (Lipinski definition) is 5. The molecular formula is C23H31N5O5. The molecule has 178 valence electrons. The summed E-state index contributed by atoms with van der Waals surface area (Å²) in [5.41, 5.74) is 5.94. The summed E-state index contributed by atoms with van der Waals surface area (Å²) in [7, 11) is 3.34. The topological polar surface area (TPSA) is 142 Å². The number of primary amides is 1. The van der Waals surface area contributed by atoms with Crippen LogP contribution in [-0.4, -0.2) is 78.6 Å². The van der Waals surface area contributed by atoms with E-state index in [4.69, 9.17) is 5.73 Å². The van der Waals surface area contributed by atoms with E-state index in [9.17, 15) is 24.0 Å². The highest BCUT2D eigenvalue weighted by molar-refractivity contribution is 6.34. The van der Waals surface area contributed by atoms with Crippen molar-refractivity contribution in [3.8, 4) is 0 Å². The maximum Gasteiger partial charge on any atom is 0.309 e. The van der Waals surface area contributed by atoms with Crippen LogP contribution in [0.25, 0.3) is 0 Å². The zero-order valence-corrected chi connectivity index (χ0v) is 19.0. The van der Waals surface area contributed by atoms with Crippen molar-refractivity contribution in [1.29, 1.82) is 0 Å². The molecule has 2 aliphatic rings. The summed E-state index contributed by atoms with van der Waals surface area (Å²) < 4.78 is 0. The Bertz CT molecular complexity index is 924. The molecule has 5 amide bonds. The number of carbonyl (C=O) groups excluding carboxylic acids is 5. The molecule has 2 fully saturated rings. The van der Waals surface area contributed by atoms with Crippen LogP contribution in [0.1, 0.15) is 52.8 Å². The van der Waals surface area contributed by atoms with Crippen LogP contribution >= 0.6 is 0 Å². The number of amides is 5. The Morgan fingerprint density at radius 3 is 2.09 bits per heavy atom. The van der Waals surface area contributed by atoms with Crippen molar-refractivity contribution in [1.82, 2.24) is 20.4 Å². The van der Waals surface area contributed by atoms with Gasteiger partial charge in [-0.05, 0) is 56.4 Å². The van der Waals surface area contributed by atoms with Crippen LogP contribution in [0.3, 0.4) is 0 Å². The maximum absolute atomic E-state index is 12.9.